The van der Waals surface area contributed by atoms with Crippen LogP contribution in [0.4, 0.5) is 5.69 Å². The van der Waals surface area contributed by atoms with Crippen LogP contribution in [-0.2, 0) is 0 Å². The Hall–Kier alpha value is -2.63. The number of hydrogen-bond acceptors (Lipinski definition) is 1. The highest BCUT2D eigenvalue weighted by Crippen LogP contribution is 2.45. The lowest BCUT2D eigenvalue weighted by atomic mass is 10.2. The van der Waals surface area contributed by atoms with Crippen LogP contribution < -0.4 is 14.9 Å². The molecule has 0 saturated heterocycles. The van der Waals surface area contributed by atoms with Crippen LogP contribution >= 0.6 is 0 Å². The van der Waals surface area contributed by atoms with Crippen molar-refractivity contribution in [3.8, 4) is 0 Å². The van der Waals surface area contributed by atoms with Gasteiger partial charge in [0.25, 0.3) is 0 Å². The lowest BCUT2D eigenvalue weighted by Crippen LogP contribution is -2.57. The molecule has 0 N–H and O–H groups in total. The Morgan fingerprint density at radius 1 is 0.719 bits per heavy atom. The first-order valence-electron chi connectivity index (χ1n) is 11.6. The van der Waals surface area contributed by atoms with Crippen molar-refractivity contribution < 1.29 is 0 Å². The lowest BCUT2D eigenvalue weighted by Gasteiger charge is -2.42. The largest absolute Gasteiger partial charge is 0.366 e. The van der Waals surface area contributed by atoms with E-state index < -0.39 is 17.0 Å². The smallest absolute Gasteiger partial charge is 0.208 e. The quantitative estimate of drug-likeness (QED) is 0.396. The van der Waals surface area contributed by atoms with E-state index in [1.54, 1.807) is 5.20 Å². The maximum Gasteiger partial charge on any atom is 0.208 e. The zero-order valence-corrected chi connectivity index (χ0v) is 22.2. The second-order valence-corrected chi connectivity index (χ2v) is 18.2. The van der Waals surface area contributed by atoms with Gasteiger partial charge in [0, 0.05) is 17.8 Å². The number of rotatable bonds is 6. The molecule has 32 heavy (non-hydrogen) atoms. The van der Waals surface area contributed by atoms with E-state index in [4.69, 9.17) is 0 Å². The Morgan fingerprint density at radius 3 is 1.66 bits per heavy atom. The van der Waals surface area contributed by atoms with Gasteiger partial charge in [-0.3, -0.25) is 0 Å². The van der Waals surface area contributed by atoms with Gasteiger partial charge in [0.1, 0.15) is 0 Å². The summed E-state index contributed by atoms with van der Waals surface area (Å²) >= 11 is 0. The van der Waals surface area contributed by atoms with Gasteiger partial charge in [-0.1, -0.05) is 125 Å². The van der Waals surface area contributed by atoms with Crippen molar-refractivity contribution in [1.29, 1.82) is 0 Å². The molecule has 164 valence electrons. The van der Waals surface area contributed by atoms with Gasteiger partial charge >= 0.3 is 0 Å². The van der Waals surface area contributed by atoms with Gasteiger partial charge < -0.3 is 4.57 Å². The van der Waals surface area contributed by atoms with Crippen molar-refractivity contribution in [2.24, 2.45) is 0 Å². The van der Waals surface area contributed by atoms with Crippen molar-refractivity contribution >= 4 is 33.1 Å². The van der Waals surface area contributed by atoms with Gasteiger partial charge in [-0.15, -0.1) is 0 Å². The molecule has 0 heterocycles. The Morgan fingerprint density at radius 2 is 1.19 bits per heavy atom. The Labute approximate surface area is 196 Å². The zero-order chi connectivity index (χ0) is 22.8. The van der Waals surface area contributed by atoms with Crippen LogP contribution in [0.1, 0.15) is 27.2 Å². The molecule has 3 aromatic rings. The molecule has 0 fully saturated rings. The second kappa shape index (κ2) is 9.09. The Bertz CT molecular complexity index is 1050. The number of allylic oxidation sites excluding steroid dienone is 3. The average Bonchev–Trinajstić information content (AvgIpc) is 3.28. The first-order chi connectivity index (χ1) is 15.3. The van der Waals surface area contributed by atoms with Crippen molar-refractivity contribution in [2.45, 2.75) is 45.3 Å². The highest BCUT2D eigenvalue weighted by Gasteiger charge is 2.42. The average molecular weight is 454 g/mol. The highest BCUT2D eigenvalue weighted by molar-refractivity contribution is 6.90. The SMILES string of the molecule is CC(C)(C)[Si](C)(C)C1=C(N(c2ccccc2)[SiH](c2ccccc2)c2ccccc2)CC=C1. The molecule has 0 atom stereocenters. The molecule has 1 aliphatic carbocycles. The normalized spacial score (nSPS) is 14.3. The van der Waals surface area contributed by atoms with Gasteiger partial charge in [-0.05, 0) is 32.7 Å². The third-order valence-corrected chi connectivity index (χ3v) is 16.0. The predicted molar refractivity (Wildman–Crippen MR) is 146 cm³/mol. The minimum Gasteiger partial charge on any atom is -0.366 e. The van der Waals surface area contributed by atoms with Crippen molar-refractivity contribution in [3.63, 3.8) is 0 Å². The molecule has 4 rings (SSSR count). The van der Waals surface area contributed by atoms with E-state index in [0.717, 1.165) is 6.42 Å². The van der Waals surface area contributed by atoms with E-state index >= 15 is 0 Å². The van der Waals surface area contributed by atoms with Crippen LogP contribution in [0, 0.1) is 0 Å². The fourth-order valence-electron chi connectivity index (χ4n) is 4.51. The molecule has 0 spiro atoms. The number of nitrogens with zero attached hydrogens (tertiary/aromatic N) is 1. The van der Waals surface area contributed by atoms with Gasteiger partial charge in [-0.25, -0.2) is 0 Å². The molecule has 0 unspecified atom stereocenters. The first kappa shape index (κ1) is 22.6. The maximum atomic E-state index is 2.75. The highest BCUT2D eigenvalue weighted by atomic mass is 28.3. The van der Waals surface area contributed by atoms with E-state index in [-0.39, 0.29) is 0 Å². The fourth-order valence-corrected chi connectivity index (χ4v) is 10.1. The minimum absolute atomic E-state index is 0.293. The molecule has 0 aromatic heterocycles. The number of hydrogen-bond donors (Lipinski definition) is 0. The summed E-state index contributed by atoms with van der Waals surface area (Å²) in [6.45, 7) is 12.4. The zero-order valence-electron chi connectivity index (χ0n) is 20.0. The van der Waals surface area contributed by atoms with E-state index in [0.29, 0.717) is 5.04 Å². The molecule has 0 saturated carbocycles. The summed E-state index contributed by atoms with van der Waals surface area (Å²) in [6, 6.07) is 33.4. The van der Waals surface area contributed by atoms with Crippen LogP contribution in [0.3, 0.4) is 0 Å². The molecule has 3 heteroatoms. The molecule has 0 aliphatic heterocycles. The Balaban J connectivity index is 1.98. The standard InChI is InChI=1S/C29H35NSi2/c1-29(2,3)32(4,5)28-23-15-22-27(28)30(24-16-9-6-10-17-24)31(25-18-11-7-12-19-25)26-20-13-8-14-21-26/h6-21,23,31H,22H2,1-5H3. The van der Waals surface area contributed by atoms with E-state index in [1.807, 2.05) is 0 Å². The summed E-state index contributed by atoms with van der Waals surface area (Å²) in [6.07, 6.45) is 5.85. The number of para-hydroxylation sites is 1. The van der Waals surface area contributed by atoms with E-state index in [2.05, 4.69) is 142 Å². The molecular formula is C29H35NSi2. The van der Waals surface area contributed by atoms with Gasteiger partial charge in [0.05, 0.1) is 8.07 Å². The van der Waals surface area contributed by atoms with Crippen LogP contribution in [0.15, 0.2) is 114 Å². The molecular weight excluding hydrogens is 418 g/mol. The molecule has 0 bridgehead atoms. The van der Waals surface area contributed by atoms with E-state index in [9.17, 15) is 0 Å². The molecule has 0 radical (unpaired) electrons. The summed E-state index contributed by atoms with van der Waals surface area (Å²) in [5, 5.41) is 4.81. The third kappa shape index (κ3) is 4.32. The third-order valence-electron chi connectivity index (χ3n) is 7.27. The van der Waals surface area contributed by atoms with Crippen LogP contribution in [-0.4, -0.2) is 17.0 Å². The summed E-state index contributed by atoms with van der Waals surface area (Å²) in [5.41, 5.74) is 2.83. The van der Waals surface area contributed by atoms with Crippen molar-refractivity contribution in [2.75, 3.05) is 4.57 Å². The van der Waals surface area contributed by atoms with Crippen molar-refractivity contribution in [1.82, 2.24) is 0 Å². The van der Waals surface area contributed by atoms with Crippen LogP contribution in [0.2, 0.25) is 18.1 Å². The van der Waals surface area contributed by atoms with Crippen molar-refractivity contribution in [3.05, 3.63) is 114 Å². The molecule has 1 nitrogen and oxygen atoms in total. The summed E-state index contributed by atoms with van der Waals surface area (Å²) in [4.78, 5) is 0. The topological polar surface area (TPSA) is 3.24 Å². The summed E-state index contributed by atoms with van der Waals surface area (Å²) in [5.74, 6) is 0. The summed E-state index contributed by atoms with van der Waals surface area (Å²) in [7, 11) is -3.46. The van der Waals surface area contributed by atoms with Crippen LogP contribution in [0.5, 0.6) is 0 Å². The maximum absolute atomic E-state index is 2.75. The summed E-state index contributed by atoms with van der Waals surface area (Å²) < 4.78 is 2.75. The van der Waals surface area contributed by atoms with Crippen LogP contribution in [0.25, 0.3) is 0 Å². The molecule has 3 aromatic carbocycles. The molecule has 1 aliphatic rings. The minimum atomic E-state index is -1.75. The first-order valence-corrected chi connectivity index (χ1v) is 16.3. The van der Waals surface area contributed by atoms with Gasteiger partial charge in [-0.2, -0.15) is 0 Å². The Kier molecular flexibility index (Phi) is 6.41. The number of benzene rings is 3. The lowest BCUT2D eigenvalue weighted by molar-refractivity contribution is 0.725. The molecule has 0 amide bonds. The monoisotopic (exact) mass is 453 g/mol. The van der Waals surface area contributed by atoms with Gasteiger partial charge in [0.2, 0.25) is 8.96 Å². The second-order valence-electron chi connectivity index (χ2n) is 10.3. The number of anilines is 1. The van der Waals surface area contributed by atoms with E-state index in [1.165, 1.54) is 21.8 Å². The fraction of sp³-hybridized carbons (Fsp3) is 0.241. The predicted octanol–water partition coefficient (Wildman–Crippen LogP) is 6.29. The van der Waals surface area contributed by atoms with Gasteiger partial charge in [0.15, 0.2) is 0 Å².